The van der Waals surface area contributed by atoms with Crippen molar-refractivity contribution in [2.45, 2.75) is 52.4 Å². The second-order valence-electron chi connectivity index (χ2n) is 3.01. The molecule has 12 heavy (non-hydrogen) atoms. The van der Waals surface area contributed by atoms with Gasteiger partial charge in [0.1, 0.15) is 6.04 Å². The Hall–Kier alpha value is -0.400. The molecule has 2 nitrogen and oxygen atoms in total. The summed E-state index contributed by atoms with van der Waals surface area (Å²) in [4.78, 5) is 0. The van der Waals surface area contributed by atoms with Crippen molar-refractivity contribution in [1.82, 2.24) is 0 Å². The smallest absolute Gasteiger partial charge is 0.108 e. The standard InChI is InChI=1S/C10H20N2/c1-4-6-8-10(12-11-3)9-7-5-2/h3-9H2,1-2H3/b12-11+. The number of azo groups is 1. The molecule has 0 heterocycles. The van der Waals surface area contributed by atoms with Crippen LogP contribution in [0.5, 0.6) is 0 Å². The van der Waals surface area contributed by atoms with E-state index in [0.717, 1.165) is 12.8 Å². The second-order valence-corrected chi connectivity index (χ2v) is 3.01. The van der Waals surface area contributed by atoms with Crippen LogP contribution in [0.3, 0.4) is 0 Å². The van der Waals surface area contributed by atoms with Gasteiger partial charge in [0.2, 0.25) is 0 Å². The maximum atomic E-state index is 4.03. The molecule has 0 aromatic carbocycles. The molecule has 0 saturated carbocycles. The molecule has 0 aliphatic rings. The largest absolute Gasteiger partial charge is 0.192 e. The highest BCUT2D eigenvalue weighted by atomic mass is 15.1. The number of hydrogen-bond donors (Lipinski definition) is 0. The molecule has 0 aliphatic heterocycles. The molecule has 0 aromatic heterocycles. The Kier molecular flexibility index (Phi) is 8.40. The van der Waals surface area contributed by atoms with Gasteiger partial charge in [-0.25, -0.2) is 0 Å². The Morgan fingerprint density at radius 3 is 1.92 bits per heavy atom. The summed E-state index contributed by atoms with van der Waals surface area (Å²) in [5.41, 5.74) is 0. The van der Waals surface area contributed by atoms with Crippen LogP contribution in [-0.2, 0) is 0 Å². The molecular weight excluding hydrogens is 148 g/mol. The molecular formula is C10H20N2. The first-order chi connectivity index (χ1) is 5.85. The first kappa shape index (κ1) is 11.6. The Labute approximate surface area is 76.5 Å². The van der Waals surface area contributed by atoms with Gasteiger partial charge in [-0.1, -0.05) is 39.5 Å². The first-order valence-corrected chi connectivity index (χ1v) is 4.86. The van der Waals surface area contributed by atoms with Gasteiger partial charge < -0.3 is 0 Å². The third kappa shape index (κ3) is 6.32. The third-order valence-electron chi connectivity index (χ3n) is 1.85. The highest BCUT2D eigenvalue weighted by molar-refractivity contribution is 4.84. The molecule has 2 heteroatoms. The minimum atomic E-state index is 1.09. The van der Waals surface area contributed by atoms with Crippen LogP contribution in [-0.4, -0.2) is 0 Å². The van der Waals surface area contributed by atoms with Crippen molar-refractivity contribution < 1.29 is 0 Å². The first-order valence-electron chi connectivity index (χ1n) is 4.86. The summed E-state index contributed by atoms with van der Waals surface area (Å²) >= 11 is 0. The van der Waals surface area contributed by atoms with E-state index in [-0.39, 0.29) is 0 Å². The normalized spacial score (nSPS) is 11.7. The lowest BCUT2D eigenvalue weighted by atomic mass is 10.1. The number of unbranched alkanes of at least 4 members (excludes halogenated alkanes) is 2. The average molecular weight is 168 g/mol. The highest BCUT2D eigenvalue weighted by Gasteiger charge is 2.06. The number of rotatable bonds is 7. The lowest BCUT2D eigenvalue weighted by molar-refractivity contribution is 0.613. The van der Waals surface area contributed by atoms with Crippen LogP contribution >= 0.6 is 0 Å². The van der Waals surface area contributed by atoms with E-state index < -0.39 is 0 Å². The highest BCUT2D eigenvalue weighted by Crippen LogP contribution is 2.19. The van der Waals surface area contributed by atoms with Gasteiger partial charge in [-0.2, -0.15) is 10.2 Å². The van der Waals surface area contributed by atoms with E-state index in [1.165, 1.54) is 31.7 Å². The lowest BCUT2D eigenvalue weighted by Crippen LogP contribution is -1.93. The van der Waals surface area contributed by atoms with E-state index in [4.69, 9.17) is 0 Å². The fourth-order valence-electron chi connectivity index (χ4n) is 1.09. The molecule has 0 unspecified atom stereocenters. The van der Waals surface area contributed by atoms with Crippen molar-refractivity contribution in [1.29, 1.82) is 0 Å². The molecule has 0 atom stereocenters. The predicted octanol–water partition coefficient (Wildman–Crippen LogP) is 4.14. The summed E-state index contributed by atoms with van der Waals surface area (Å²) in [7, 11) is 3.38. The molecule has 0 spiro atoms. The van der Waals surface area contributed by atoms with Crippen LogP contribution in [0.1, 0.15) is 52.4 Å². The maximum Gasteiger partial charge on any atom is 0.108 e. The molecule has 0 rings (SSSR count). The molecule has 0 bridgehead atoms. The summed E-state index contributed by atoms with van der Waals surface area (Å²) in [5, 5.41) is 7.61. The summed E-state index contributed by atoms with van der Waals surface area (Å²) in [6, 6.07) is 1.22. The van der Waals surface area contributed by atoms with E-state index >= 15 is 0 Å². The Balaban J connectivity index is 3.54. The van der Waals surface area contributed by atoms with E-state index in [9.17, 15) is 0 Å². The van der Waals surface area contributed by atoms with Crippen molar-refractivity contribution in [2.24, 2.45) is 10.2 Å². The Bertz CT molecular complexity index is 102. The number of nitrogens with zero attached hydrogens (tertiary/aromatic N) is 2. The van der Waals surface area contributed by atoms with Crippen molar-refractivity contribution in [3.05, 3.63) is 13.1 Å². The molecule has 0 fully saturated rings. The summed E-state index contributed by atoms with van der Waals surface area (Å²) < 4.78 is 0. The fraction of sp³-hybridized carbons (Fsp3) is 0.800. The van der Waals surface area contributed by atoms with Gasteiger partial charge in [0, 0.05) is 0 Å². The van der Waals surface area contributed by atoms with Gasteiger partial charge in [-0.15, -0.1) is 0 Å². The lowest BCUT2D eigenvalue weighted by Gasteiger charge is -2.07. The Morgan fingerprint density at radius 2 is 1.58 bits per heavy atom. The van der Waals surface area contributed by atoms with Crippen LogP contribution in [0.2, 0.25) is 0 Å². The molecule has 0 saturated heterocycles. The monoisotopic (exact) mass is 168 g/mol. The summed E-state index contributed by atoms with van der Waals surface area (Å²) in [5.74, 6) is 0. The minimum Gasteiger partial charge on any atom is -0.192 e. The van der Waals surface area contributed by atoms with Crippen LogP contribution in [0.25, 0.3) is 0 Å². The van der Waals surface area contributed by atoms with Crippen LogP contribution < -0.4 is 0 Å². The molecule has 0 amide bonds. The summed E-state index contributed by atoms with van der Waals surface area (Å²) in [6.07, 6.45) is 7.08. The SMILES string of the molecule is [CH2]/N=N/[C](CCCC)CCCC. The third-order valence-corrected chi connectivity index (χ3v) is 1.85. The van der Waals surface area contributed by atoms with Crippen molar-refractivity contribution in [3.63, 3.8) is 0 Å². The van der Waals surface area contributed by atoms with E-state index in [1.807, 2.05) is 0 Å². The maximum absolute atomic E-state index is 4.03. The topological polar surface area (TPSA) is 24.7 Å². The van der Waals surface area contributed by atoms with Gasteiger partial charge in [0.15, 0.2) is 0 Å². The quantitative estimate of drug-likeness (QED) is 0.510. The fourth-order valence-corrected chi connectivity index (χ4v) is 1.09. The van der Waals surface area contributed by atoms with Crippen LogP contribution in [0.4, 0.5) is 0 Å². The minimum absolute atomic E-state index is 1.09. The van der Waals surface area contributed by atoms with Gasteiger partial charge >= 0.3 is 0 Å². The van der Waals surface area contributed by atoms with E-state index in [2.05, 4.69) is 31.1 Å². The zero-order valence-corrected chi connectivity index (χ0v) is 8.34. The molecule has 70 valence electrons. The van der Waals surface area contributed by atoms with Crippen LogP contribution in [0.15, 0.2) is 10.2 Å². The zero-order chi connectivity index (χ0) is 9.23. The van der Waals surface area contributed by atoms with E-state index in [0.29, 0.717) is 0 Å². The van der Waals surface area contributed by atoms with Crippen molar-refractivity contribution in [3.8, 4) is 0 Å². The second kappa shape index (κ2) is 8.69. The molecule has 2 radical (unpaired) electrons. The van der Waals surface area contributed by atoms with Crippen molar-refractivity contribution in [2.75, 3.05) is 0 Å². The van der Waals surface area contributed by atoms with E-state index in [1.54, 1.807) is 0 Å². The average Bonchev–Trinajstić information content (AvgIpc) is 2.10. The van der Waals surface area contributed by atoms with Gasteiger partial charge in [-0.05, 0) is 12.8 Å². The predicted molar refractivity (Wildman–Crippen MR) is 52.5 cm³/mol. The number of hydrogen-bond acceptors (Lipinski definition) is 2. The van der Waals surface area contributed by atoms with Gasteiger partial charge in [0.05, 0.1) is 7.05 Å². The Morgan fingerprint density at radius 1 is 1.08 bits per heavy atom. The zero-order valence-electron chi connectivity index (χ0n) is 8.34. The van der Waals surface area contributed by atoms with Crippen molar-refractivity contribution >= 4 is 0 Å². The van der Waals surface area contributed by atoms with Crippen LogP contribution in [0, 0.1) is 13.1 Å². The van der Waals surface area contributed by atoms with Gasteiger partial charge in [-0.3, -0.25) is 0 Å². The molecule has 0 aromatic rings. The molecule has 0 aliphatic carbocycles. The van der Waals surface area contributed by atoms with Gasteiger partial charge in [0.25, 0.3) is 0 Å². The summed E-state index contributed by atoms with van der Waals surface area (Å²) in [6.45, 7) is 4.39. The molecule has 0 N–H and O–H groups in total.